The number of aliphatic carboxylic acids is 1. The Kier molecular flexibility index (Phi) is 5.13. The predicted octanol–water partition coefficient (Wildman–Crippen LogP) is 6.17. The van der Waals surface area contributed by atoms with Crippen molar-refractivity contribution in [3.05, 3.63) is 71.6 Å². The minimum absolute atomic E-state index is 0.0796. The van der Waals surface area contributed by atoms with Gasteiger partial charge in [-0.3, -0.25) is 4.79 Å². The van der Waals surface area contributed by atoms with Crippen molar-refractivity contribution in [3.63, 3.8) is 0 Å². The lowest BCUT2D eigenvalue weighted by Crippen LogP contribution is -2.48. The van der Waals surface area contributed by atoms with Crippen LogP contribution in [0.3, 0.4) is 0 Å². The predicted molar refractivity (Wildman–Crippen MR) is 127 cm³/mol. The van der Waals surface area contributed by atoms with E-state index in [0.717, 1.165) is 41.0 Å². The summed E-state index contributed by atoms with van der Waals surface area (Å²) in [4.78, 5) is 15.4. The second-order valence-electron chi connectivity index (χ2n) is 10.0. The van der Waals surface area contributed by atoms with Crippen LogP contribution in [0.25, 0.3) is 16.7 Å². The van der Waals surface area contributed by atoms with Crippen LogP contribution in [0.2, 0.25) is 0 Å². The average molecular weight is 445 g/mol. The van der Waals surface area contributed by atoms with E-state index in [4.69, 9.17) is 14.3 Å². The van der Waals surface area contributed by atoms with E-state index in [9.17, 15) is 4.79 Å². The highest BCUT2D eigenvalue weighted by molar-refractivity contribution is 5.77. The van der Waals surface area contributed by atoms with Crippen LogP contribution in [0.15, 0.2) is 64.7 Å². The van der Waals surface area contributed by atoms with E-state index in [1.165, 1.54) is 11.1 Å². The van der Waals surface area contributed by atoms with Gasteiger partial charge >= 0.3 is 5.97 Å². The number of nitrogens with one attached hydrogen (secondary N) is 1. The number of benzene rings is 2. The van der Waals surface area contributed by atoms with E-state index in [0.29, 0.717) is 12.6 Å². The Morgan fingerprint density at radius 3 is 2.15 bits per heavy atom. The molecule has 2 bridgehead atoms. The number of fused-ring (bicyclic) bond motifs is 2. The SMILES string of the molecule is CC(C)(C)c1cnc(Nc2ccc(-c3ccc(C4=C5CC(CC(=O)O)(C5)OC4)cc3)cc2)o1. The third-order valence-corrected chi connectivity index (χ3v) is 6.44. The van der Waals surface area contributed by atoms with Crippen molar-refractivity contribution in [2.45, 2.75) is 51.0 Å². The molecule has 0 unspecified atom stereocenters. The molecule has 3 aliphatic rings. The van der Waals surface area contributed by atoms with Crippen molar-refractivity contribution in [3.8, 4) is 11.1 Å². The monoisotopic (exact) mass is 444 g/mol. The second kappa shape index (κ2) is 7.89. The smallest absolute Gasteiger partial charge is 0.306 e. The van der Waals surface area contributed by atoms with Crippen molar-refractivity contribution in [1.29, 1.82) is 0 Å². The molecule has 2 aliphatic heterocycles. The van der Waals surface area contributed by atoms with E-state index >= 15 is 0 Å². The van der Waals surface area contributed by atoms with Gasteiger partial charge in [0, 0.05) is 11.1 Å². The molecule has 1 aromatic heterocycles. The fraction of sp³-hybridized carbons (Fsp3) is 0.333. The molecular weight excluding hydrogens is 416 g/mol. The molecule has 2 N–H and O–H groups in total. The van der Waals surface area contributed by atoms with Crippen molar-refractivity contribution >= 4 is 23.2 Å². The minimum Gasteiger partial charge on any atom is -0.481 e. The van der Waals surface area contributed by atoms with Crippen molar-refractivity contribution < 1.29 is 19.1 Å². The van der Waals surface area contributed by atoms with E-state index < -0.39 is 11.6 Å². The third kappa shape index (κ3) is 4.31. The summed E-state index contributed by atoms with van der Waals surface area (Å²) in [7, 11) is 0. The van der Waals surface area contributed by atoms with Gasteiger partial charge in [0.1, 0.15) is 5.76 Å². The lowest BCUT2D eigenvalue weighted by Gasteiger charge is -2.48. The summed E-state index contributed by atoms with van der Waals surface area (Å²) in [6.07, 6.45) is 3.31. The molecule has 170 valence electrons. The van der Waals surface area contributed by atoms with Gasteiger partial charge in [0.15, 0.2) is 0 Å². The Bertz CT molecular complexity index is 1210. The third-order valence-electron chi connectivity index (χ3n) is 6.44. The number of hydrogen-bond acceptors (Lipinski definition) is 5. The van der Waals surface area contributed by atoms with Gasteiger partial charge in [-0.05, 0) is 47.2 Å². The van der Waals surface area contributed by atoms with Gasteiger partial charge in [-0.1, -0.05) is 62.7 Å². The molecule has 1 saturated carbocycles. The highest BCUT2D eigenvalue weighted by Crippen LogP contribution is 2.50. The van der Waals surface area contributed by atoms with Gasteiger partial charge < -0.3 is 19.6 Å². The van der Waals surface area contributed by atoms with Gasteiger partial charge in [-0.15, -0.1) is 0 Å². The molecule has 0 atom stereocenters. The molecule has 0 amide bonds. The Morgan fingerprint density at radius 1 is 1.03 bits per heavy atom. The molecule has 0 radical (unpaired) electrons. The number of hydrogen-bond donors (Lipinski definition) is 2. The van der Waals surface area contributed by atoms with Crippen molar-refractivity contribution in [2.75, 3.05) is 11.9 Å². The number of carboxylic acids is 1. The largest absolute Gasteiger partial charge is 0.481 e. The number of ether oxygens (including phenoxy) is 1. The summed E-state index contributed by atoms with van der Waals surface area (Å²) in [5, 5.41) is 12.3. The lowest BCUT2D eigenvalue weighted by atomic mass is 9.68. The molecule has 0 saturated heterocycles. The molecule has 1 fully saturated rings. The topological polar surface area (TPSA) is 84.6 Å². The summed E-state index contributed by atoms with van der Waals surface area (Å²) in [5.41, 5.74) is 6.29. The molecule has 6 nitrogen and oxygen atoms in total. The first-order valence-corrected chi connectivity index (χ1v) is 11.2. The first-order valence-electron chi connectivity index (χ1n) is 11.2. The maximum atomic E-state index is 11.1. The summed E-state index contributed by atoms with van der Waals surface area (Å²) in [5.74, 6) is 0.0498. The molecule has 33 heavy (non-hydrogen) atoms. The molecule has 6 rings (SSSR count). The number of nitrogens with zero attached hydrogens (tertiary/aromatic N) is 1. The Labute approximate surface area is 193 Å². The van der Waals surface area contributed by atoms with E-state index in [2.05, 4.69) is 67.5 Å². The van der Waals surface area contributed by atoms with Gasteiger partial charge in [-0.2, -0.15) is 0 Å². The van der Waals surface area contributed by atoms with Crippen molar-refractivity contribution in [2.24, 2.45) is 0 Å². The van der Waals surface area contributed by atoms with E-state index in [1.54, 1.807) is 6.20 Å². The van der Waals surface area contributed by atoms with Crippen molar-refractivity contribution in [1.82, 2.24) is 4.98 Å². The minimum atomic E-state index is -0.793. The first-order chi connectivity index (χ1) is 15.7. The number of rotatable bonds is 6. The Hall–Kier alpha value is -3.38. The van der Waals surface area contributed by atoms with Crippen LogP contribution < -0.4 is 5.32 Å². The quantitative estimate of drug-likeness (QED) is 0.473. The fourth-order valence-corrected chi connectivity index (χ4v) is 4.52. The highest BCUT2D eigenvalue weighted by Gasteiger charge is 2.48. The first kappa shape index (κ1) is 21.5. The zero-order chi connectivity index (χ0) is 23.2. The van der Waals surface area contributed by atoms with Crippen LogP contribution in [-0.2, 0) is 14.9 Å². The molecule has 2 aromatic carbocycles. The zero-order valence-corrected chi connectivity index (χ0v) is 19.1. The maximum absolute atomic E-state index is 11.1. The van der Waals surface area contributed by atoms with Crippen LogP contribution in [0, 0.1) is 0 Å². The van der Waals surface area contributed by atoms with Gasteiger partial charge in [0.2, 0.25) is 0 Å². The highest BCUT2D eigenvalue weighted by atomic mass is 16.5. The number of oxazole rings is 1. The summed E-state index contributed by atoms with van der Waals surface area (Å²) in [6.45, 7) is 6.76. The maximum Gasteiger partial charge on any atom is 0.306 e. The van der Waals surface area contributed by atoms with Gasteiger partial charge in [0.25, 0.3) is 6.01 Å². The molecule has 3 aromatic rings. The number of carboxylic acid groups (broad SMARTS) is 1. The molecule has 6 heteroatoms. The molecular formula is C27H28N2O4. The molecule has 1 aliphatic carbocycles. The van der Waals surface area contributed by atoms with Crippen LogP contribution in [0.5, 0.6) is 0 Å². The van der Waals surface area contributed by atoms with Crippen LogP contribution in [0.4, 0.5) is 11.7 Å². The molecule has 3 heterocycles. The Balaban J connectivity index is 1.26. The lowest BCUT2D eigenvalue weighted by molar-refractivity contribution is -0.149. The Morgan fingerprint density at radius 2 is 1.64 bits per heavy atom. The summed E-state index contributed by atoms with van der Waals surface area (Å²) >= 11 is 0. The second-order valence-corrected chi connectivity index (χ2v) is 10.0. The standard InChI is InChI=1S/C27H28N2O4/c1-26(2,3)23-15-28-25(33-23)29-21-10-8-18(9-11-21)17-4-6-19(7-5-17)22-16-32-27(14-24(30)31)12-20(22)13-27/h4-11,15H,12-14,16H2,1-3H3,(H,28,29)(H,30,31). The summed E-state index contributed by atoms with van der Waals surface area (Å²) in [6, 6.07) is 17.1. The van der Waals surface area contributed by atoms with Crippen LogP contribution in [-0.4, -0.2) is 28.3 Å². The van der Waals surface area contributed by atoms with Gasteiger partial charge in [-0.25, -0.2) is 4.98 Å². The number of carbonyl (C=O) groups is 1. The van der Waals surface area contributed by atoms with Crippen LogP contribution in [0.1, 0.15) is 51.4 Å². The van der Waals surface area contributed by atoms with Crippen LogP contribution >= 0.6 is 0 Å². The molecule has 0 spiro atoms. The fourth-order valence-electron chi connectivity index (χ4n) is 4.52. The summed E-state index contributed by atoms with van der Waals surface area (Å²) < 4.78 is 11.8. The van der Waals surface area contributed by atoms with E-state index in [1.807, 2.05) is 12.1 Å². The van der Waals surface area contributed by atoms with E-state index in [-0.39, 0.29) is 11.8 Å². The normalized spacial score (nSPS) is 16.9. The zero-order valence-electron chi connectivity index (χ0n) is 19.1. The number of anilines is 2. The van der Waals surface area contributed by atoms with Gasteiger partial charge in [0.05, 0.1) is 24.8 Å². The average Bonchev–Trinajstić information content (AvgIpc) is 3.23. The number of aromatic nitrogens is 1.